The Kier molecular flexibility index (Phi) is 6.47. The van der Waals surface area contributed by atoms with Gasteiger partial charge in [0.15, 0.2) is 0 Å². The summed E-state index contributed by atoms with van der Waals surface area (Å²) in [5.41, 5.74) is 10.6. The third-order valence-electron chi connectivity index (χ3n) is 5.03. The maximum Gasteiger partial charge on any atom is 0.0253 e. The van der Waals surface area contributed by atoms with Crippen LogP contribution in [0.4, 0.5) is 0 Å². The molecule has 28 heavy (non-hydrogen) atoms. The molecule has 0 N–H and O–H groups in total. The summed E-state index contributed by atoms with van der Waals surface area (Å²) in [7, 11) is 0. The summed E-state index contributed by atoms with van der Waals surface area (Å²) in [5, 5.41) is 0. The molecule has 0 radical (unpaired) electrons. The molecule has 0 aliphatic rings. The van der Waals surface area contributed by atoms with Gasteiger partial charge in [-0.3, -0.25) is 0 Å². The van der Waals surface area contributed by atoms with Crippen LogP contribution < -0.4 is 0 Å². The van der Waals surface area contributed by atoms with Gasteiger partial charge in [0.2, 0.25) is 0 Å². The minimum atomic E-state index is 0.991. The maximum absolute atomic E-state index is 2.47. The fourth-order valence-electron chi connectivity index (χ4n) is 3.71. The van der Waals surface area contributed by atoms with Crippen LogP contribution in [0.5, 0.6) is 0 Å². The van der Waals surface area contributed by atoms with Crippen LogP contribution in [0.2, 0.25) is 0 Å². The fourth-order valence-corrected chi connectivity index (χ4v) is 5.04. The van der Waals surface area contributed by atoms with Crippen LogP contribution in [0.3, 0.4) is 0 Å². The Morgan fingerprint density at radius 2 is 0.929 bits per heavy atom. The summed E-state index contributed by atoms with van der Waals surface area (Å²) in [5.74, 6) is 0. The first-order valence-corrected chi connectivity index (χ1v) is 12.4. The third kappa shape index (κ3) is 3.90. The second-order valence-corrected chi connectivity index (χ2v) is 8.20. The van der Waals surface area contributed by atoms with Crippen LogP contribution in [-0.4, -0.2) is 0 Å². The largest absolute Gasteiger partial charge is 0.0812 e. The van der Waals surface area contributed by atoms with Gasteiger partial charge in [-0.1, -0.05) is 142 Å². The van der Waals surface area contributed by atoms with E-state index in [4.69, 9.17) is 0 Å². The van der Waals surface area contributed by atoms with Gasteiger partial charge in [0, 0.05) is 8.86 Å². The van der Waals surface area contributed by atoms with Crippen molar-refractivity contribution in [1.82, 2.24) is 0 Å². The zero-order valence-corrected chi connectivity index (χ0v) is 19.7. The first kappa shape index (κ1) is 19.6. The molecule has 0 bridgehead atoms. The summed E-state index contributed by atoms with van der Waals surface area (Å²) in [6.07, 6.45) is 0. The molecule has 0 saturated heterocycles. The molecule has 138 valence electrons. The van der Waals surface area contributed by atoms with E-state index in [1.165, 1.54) is 44.5 Å². The molecule has 2 heteroatoms. The highest BCUT2D eigenvalue weighted by Crippen LogP contribution is 2.42. The Morgan fingerprint density at radius 1 is 0.429 bits per heavy atom. The van der Waals surface area contributed by atoms with E-state index in [9.17, 15) is 0 Å². The van der Waals surface area contributed by atoms with E-state index < -0.39 is 0 Å². The van der Waals surface area contributed by atoms with Crippen molar-refractivity contribution in [1.29, 1.82) is 0 Å². The average Bonchev–Trinajstić information content (AvgIpc) is 2.79. The van der Waals surface area contributed by atoms with Crippen molar-refractivity contribution in [3.63, 3.8) is 0 Å². The predicted molar refractivity (Wildman–Crippen MR) is 138 cm³/mol. The van der Waals surface area contributed by atoms with Crippen molar-refractivity contribution in [3.05, 3.63) is 108 Å². The van der Waals surface area contributed by atoms with Crippen molar-refractivity contribution >= 4 is 45.2 Å². The SMILES string of the molecule is ICc1ccccc1-c1cccc(-c2ccccc2)c1-c1ccccc1CI. The summed E-state index contributed by atoms with van der Waals surface area (Å²) in [4.78, 5) is 0. The van der Waals surface area contributed by atoms with E-state index in [1.54, 1.807) is 0 Å². The topological polar surface area (TPSA) is 0 Å². The van der Waals surface area contributed by atoms with Crippen molar-refractivity contribution in [2.75, 3.05) is 0 Å². The number of rotatable bonds is 5. The van der Waals surface area contributed by atoms with E-state index in [0.717, 1.165) is 8.86 Å². The van der Waals surface area contributed by atoms with Crippen LogP contribution >= 0.6 is 45.2 Å². The molecule has 4 aromatic rings. The Bertz CT molecular complexity index is 1080. The van der Waals surface area contributed by atoms with Gasteiger partial charge < -0.3 is 0 Å². The van der Waals surface area contributed by atoms with Crippen molar-refractivity contribution in [2.24, 2.45) is 0 Å². The average molecular weight is 586 g/mol. The summed E-state index contributed by atoms with van der Waals surface area (Å²) in [6, 6.07) is 35.1. The quantitative estimate of drug-likeness (QED) is 0.163. The lowest BCUT2D eigenvalue weighted by molar-refractivity contribution is 1.42. The molecule has 0 spiro atoms. The van der Waals surface area contributed by atoms with Crippen LogP contribution in [0, 0.1) is 0 Å². The zero-order chi connectivity index (χ0) is 19.3. The molecule has 0 fully saturated rings. The van der Waals surface area contributed by atoms with E-state index in [-0.39, 0.29) is 0 Å². The Labute approximate surface area is 194 Å². The monoisotopic (exact) mass is 586 g/mol. The number of hydrogen-bond acceptors (Lipinski definition) is 0. The lowest BCUT2D eigenvalue weighted by Gasteiger charge is -2.19. The summed E-state index contributed by atoms with van der Waals surface area (Å²) in [6.45, 7) is 0. The van der Waals surface area contributed by atoms with Crippen molar-refractivity contribution in [2.45, 2.75) is 8.86 Å². The Balaban J connectivity index is 2.08. The molecular weight excluding hydrogens is 566 g/mol. The van der Waals surface area contributed by atoms with E-state index in [0.29, 0.717) is 0 Å². The van der Waals surface area contributed by atoms with Gasteiger partial charge in [-0.2, -0.15) is 0 Å². The van der Waals surface area contributed by atoms with Crippen LogP contribution in [-0.2, 0) is 8.86 Å². The third-order valence-corrected chi connectivity index (χ3v) is 6.68. The van der Waals surface area contributed by atoms with Gasteiger partial charge in [0.1, 0.15) is 0 Å². The number of hydrogen-bond donors (Lipinski definition) is 0. The number of alkyl halides is 2. The predicted octanol–water partition coefficient (Wildman–Crippen LogP) is 8.56. The second kappa shape index (κ2) is 9.23. The number of benzene rings is 4. The second-order valence-electron chi connectivity index (χ2n) is 6.68. The minimum absolute atomic E-state index is 0.991. The summed E-state index contributed by atoms with van der Waals surface area (Å²) < 4.78 is 1.99. The van der Waals surface area contributed by atoms with Crippen molar-refractivity contribution < 1.29 is 0 Å². The molecule has 4 rings (SSSR count). The summed E-state index contributed by atoms with van der Waals surface area (Å²) >= 11 is 4.94. The first-order chi connectivity index (χ1) is 13.8. The van der Waals surface area contributed by atoms with E-state index >= 15 is 0 Å². The highest BCUT2D eigenvalue weighted by Gasteiger charge is 2.17. The Hall–Kier alpha value is -1.66. The smallest absolute Gasteiger partial charge is 0.0253 e. The lowest BCUT2D eigenvalue weighted by Crippen LogP contribution is -1.95. The molecule has 0 saturated carbocycles. The lowest BCUT2D eigenvalue weighted by atomic mass is 9.85. The van der Waals surface area contributed by atoms with Gasteiger partial charge >= 0.3 is 0 Å². The molecule has 0 aromatic heterocycles. The zero-order valence-electron chi connectivity index (χ0n) is 15.4. The highest BCUT2D eigenvalue weighted by molar-refractivity contribution is 14.1. The van der Waals surface area contributed by atoms with E-state index in [2.05, 4.69) is 142 Å². The molecular formula is C26H20I2. The van der Waals surface area contributed by atoms with Crippen LogP contribution in [0.15, 0.2) is 97.1 Å². The van der Waals surface area contributed by atoms with Crippen LogP contribution in [0.1, 0.15) is 11.1 Å². The van der Waals surface area contributed by atoms with Gasteiger partial charge in [-0.25, -0.2) is 0 Å². The van der Waals surface area contributed by atoms with Crippen LogP contribution in [0.25, 0.3) is 33.4 Å². The van der Waals surface area contributed by atoms with Gasteiger partial charge in [0.25, 0.3) is 0 Å². The molecule has 0 nitrogen and oxygen atoms in total. The maximum atomic E-state index is 2.47. The standard InChI is InChI=1S/C26H20I2/c27-17-20-11-4-6-13-22(20)25-16-8-15-23(19-9-2-1-3-10-19)26(25)24-14-7-5-12-21(24)18-28/h1-16H,17-18H2. The first-order valence-electron chi connectivity index (χ1n) is 9.30. The molecule has 0 aliphatic heterocycles. The fraction of sp³-hybridized carbons (Fsp3) is 0.0769. The molecule has 0 atom stereocenters. The normalized spacial score (nSPS) is 10.8. The Morgan fingerprint density at radius 3 is 1.61 bits per heavy atom. The minimum Gasteiger partial charge on any atom is -0.0812 e. The van der Waals surface area contributed by atoms with Gasteiger partial charge in [-0.05, 0) is 44.5 Å². The number of halogens is 2. The molecule has 0 heterocycles. The molecule has 4 aromatic carbocycles. The molecule has 0 aliphatic carbocycles. The van der Waals surface area contributed by atoms with Gasteiger partial charge in [0.05, 0.1) is 0 Å². The van der Waals surface area contributed by atoms with E-state index in [1.807, 2.05) is 0 Å². The van der Waals surface area contributed by atoms with Crippen molar-refractivity contribution in [3.8, 4) is 33.4 Å². The van der Waals surface area contributed by atoms with Gasteiger partial charge in [-0.15, -0.1) is 0 Å². The molecule has 0 amide bonds. The molecule has 0 unspecified atom stereocenters. The highest BCUT2D eigenvalue weighted by atomic mass is 127.